The zero-order valence-electron chi connectivity index (χ0n) is 18.9. The lowest BCUT2D eigenvalue weighted by Gasteiger charge is -2.29. The van der Waals surface area contributed by atoms with E-state index in [2.05, 4.69) is 9.55 Å². The largest absolute Gasteiger partial charge is 0.416 e. The number of amides is 1. The van der Waals surface area contributed by atoms with E-state index in [1.54, 1.807) is 18.3 Å². The summed E-state index contributed by atoms with van der Waals surface area (Å²) in [5.74, 6) is 0.740. The van der Waals surface area contributed by atoms with Crippen molar-refractivity contribution < 1.29 is 22.7 Å². The first-order valence-corrected chi connectivity index (χ1v) is 11.9. The van der Waals surface area contributed by atoms with Crippen LogP contribution in [0.4, 0.5) is 13.2 Å². The first-order chi connectivity index (χ1) is 16.4. The minimum Gasteiger partial charge on any atom is -0.378 e. The fourth-order valence-corrected chi connectivity index (χ4v) is 5.27. The standard InChI is InChI=1S/C26H28F3N3O2/c27-26(28,29)21-9-7-20(8-10-21)19-5-3-18(4-6-19)16-32-17-22(24-23(32)2-1-11-30-24)25(33)31-12-14-34-15-13-31/h1-2,7-11,17-19H,3-6,12-16H2. The molecule has 0 spiro atoms. The van der Waals surface area contributed by atoms with E-state index in [-0.39, 0.29) is 5.91 Å². The van der Waals surface area contributed by atoms with Gasteiger partial charge in [-0.2, -0.15) is 13.2 Å². The molecule has 1 amide bonds. The number of carbonyl (C=O) groups excluding carboxylic acids is 1. The Balaban J connectivity index is 1.27. The van der Waals surface area contributed by atoms with E-state index in [4.69, 9.17) is 4.74 Å². The number of nitrogens with zero attached hydrogens (tertiary/aromatic N) is 3. The molecule has 1 aliphatic carbocycles. The highest BCUT2D eigenvalue weighted by molar-refractivity contribution is 6.05. The number of pyridine rings is 1. The summed E-state index contributed by atoms with van der Waals surface area (Å²) in [6.07, 6.45) is 3.26. The molecule has 3 heterocycles. The van der Waals surface area contributed by atoms with Crippen molar-refractivity contribution in [3.05, 3.63) is 65.5 Å². The Kier molecular flexibility index (Phi) is 6.34. The average molecular weight is 472 g/mol. The van der Waals surface area contributed by atoms with Gasteiger partial charge < -0.3 is 14.2 Å². The number of ether oxygens (including phenoxy) is 1. The van der Waals surface area contributed by atoms with Gasteiger partial charge in [0.25, 0.3) is 5.91 Å². The van der Waals surface area contributed by atoms with Gasteiger partial charge in [-0.3, -0.25) is 9.78 Å². The second kappa shape index (κ2) is 9.41. The highest BCUT2D eigenvalue weighted by Gasteiger charge is 2.31. The molecule has 2 aliphatic rings. The van der Waals surface area contributed by atoms with Gasteiger partial charge in [-0.15, -0.1) is 0 Å². The van der Waals surface area contributed by atoms with Gasteiger partial charge >= 0.3 is 6.18 Å². The summed E-state index contributed by atoms with van der Waals surface area (Å²) in [4.78, 5) is 19.5. The monoisotopic (exact) mass is 471 g/mol. The molecule has 0 bridgehead atoms. The third-order valence-corrected chi connectivity index (χ3v) is 7.18. The van der Waals surface area contributed by atoms with Gasteiger partial charge in [-0.1, -0.05) is 12.1 Å². The highest BCUT2D eigenvalue weighted by Crippen LogP contribution is 2.38. The van der Waals surface area contributed by atoms with Crippen molar-refractivity contribution in [2.75, 3.05) is 26.3 Å². The van der Waals surface area contributed by atoms with Gasteiger partial charge in [0.1, 0.15) is 5.52 Å². The number of carbonyl (C=O) groups is 1. The molecular formula is C26H28F3N3O2. The number of benzene rings is 1. The number of morpholine rings is 1. The SMILES string of the molecule is O=C(c1cn(CC2CCC(c3ccc(C(F)(F)F)cc3)CC2)c2cccnc12)N1CCOCC1. The van der Waals surface area contributed by atoms with Crippen LogP contribution in [0.15, 0.2) is 48.8 Å². The van der Waals surface area contributed by atoms with Crippen LogP contribution >= 0.6 is 0 Å². The van der Waals surface area contributed by atoms with Crippen molar-refractivity contribution >= 4 is 16.9 Å². The number of halogens is 3. The van der Waals surface area contributed by atoms with E-state index in [9.17, 15) is 18.0 Å². The van der Waals surface area contributed by atoms with Crippen molar-refractivity contribution in [2.24, 2.45) is 5.92 Å². The van der Waals surface area contributed by atoms with Crippen LogP contribution in [0.1, 0.15) is 53.1 Å². The average Bonchev–Trinajstić information content (AvgIpc) is 3.22. The molecule has 0 radical (unpaired) electrons. The zero-order valence-corrected chi connectivity index (χ0v) is 18.9. The van der Waals surface area contributed by atoms with Crippen LogP contribution < -0.4 is 0 Å². The quantitative estimate of drug-likeness (QED) is 0.505. The summed E-state index contributed by atoms with van der Waals surface area (Å²) in [5.41, 5.74) is 2.72. The Labute approximate surface area is 196 Å². The summed E-state index contributed by atoms with van der Waals surface area (Å²) in [6.45, 7) is 3.09. The number of hydrogen-bond acceptors (Lipinski definition) is 3. The molecule has 5 nitrogen and oxygen atoms in total. The first kappa shape index (κ1) is 22.9. The van der Waals surface area contributed by atoms with E-state index < -0.39 is 11.7 Å². The van der Waals surface area contributed by atoms with Gasteiger partial charge in [0.15, 0.2) is 0 Å². The molecule has 0 atom stereocenters. The third-order valence-electron chi connectivity index (χ3n) is 7.18. The second-order valence-electron chi connectivity index (χ2n) is 9.31. The summed E-state index contributed by atoms with van der Waals surface area (Å²) >= 11 is 0. The van der Waals surface area contributed by atoms with Crippen LogP contribution in [0.2, 0.25) is 0 Å². The zero-order chi connectivity index (χ0) is 23.7. The van der Waals surface area contributed by atoms with Crippen LogP contribution in [0, 0.1) is 5.92 Å². The number of hydrogen-bond donors (Lipinski definition) is 0. The molecule has 1 aromatic carbocycles. The second-order valence-corrected chi connectivity index (χ2v) is 9.31. The maximum atomic E-state index is 13.2. The van der Waals surface area contributed by atoms with E-state index in [0.29, 0.717) is 43.7 Å². The fourth-order valence-electron chi connectivity index (χ4n) is 5.27. The Bertz CT molecular complexity index is 1140. The van der Waals surface area contributed by atoms with Crippen molar-refractivity contribution in [3.8, 4) is 0 Å². The molecular weight excluding hydrogens is 443 g/mol. The minimum absolute atomic E-state index is 0.00300. The van der Waals surface area contributed by atoms with Gasteiger partial charge in [0.2, 0.25) is 0 Å². The Hall–Kier alpha value is -2.87. The molecule has 1 aliphatic heterocycles. The fraction of sp³-hybridized carbons (Fsp3) is 0.462. The topological polar surface area (TPSA) is 47.4 Å². The van der Waals surface area contributed by atoms with E-state index >= 15 is 0 Å². The van der Waals surface area contributed by atoms with Gasteiger partial charge in [0.05, 0.1) is 29.9 Å². The van der Waals surface area contributed by atoms with E-state index in [0.717, 1.165) is 48.8 Å². The molecule has 1 saturated heterocycles. The summed E-state index contributed by atoms with van der Waals surface area (Å²) in [6, 6.07) is 9.53. The maximum absolute atomic E-state index is 13.2. The number of fused-ring (bicyclic) bond motifs is 1. The van der Waals surface area contributed by atoms with E-state index in [1.807, 2.05) is 23.2 Å². The van der Waals surface area contributed by atoms with Crippen LogP contribution in [0.25, 0.3) is 11.0 Å². The molecule has 34 heavy (non-hydrogen) atoms. The molecule has 0 N–H and O–H groups in total. The van der Waals surface area contributed by atoms with Gasteiger partial charge in [0, 0.05) is 32.0 Å². The molecule has 1 saturated carbocycles. The summed E-state index contributed by atoms with van der Waals surface area (Å²) in [7, 11) is 0. The van der Waals surface area contributed by atoms with Crippen molar-refractivity contribution in [1.82, 2.24) is 14.5 Å². The van der Waals surface area contributed by atoms with Crippen LogP contribution in [-0.2, 0) is 17.5 Å². The molecule has 3 aromatic rings. The Morgan fingerprint density at radius 3 is 2.41 bits per heavy atom. The predicted molar refractivity (Wildman–Crippen MR) is 123 cm³/mol. The molecule has 2 fully saturated rings. The minimum atomic E-state index is -4.30. The lowest BCUT2D eigenvalue weighted by atomic mass is 9.78. The molecule has 8 heteroatoms. The third kappa shape index (κ3) is 4.69. The van der Waals surface area contributed by atoms with E-state index in [1.165, 1.54) is 12.1 Å². The predicted octanol–water partition coefficient (Wildman–Crippen LogP) is 5.50. The molecule has 5 rings (SSSR count). The Morgan fingerprint density at radius 2 is 1.74 bits per heavy atom. The van der Waals surface area contributed by atoms with Crippen molar-refractivity contribution in [1.29, 1.82) is 0 Å². The van der Waals surface area contributed by atoms with Crippen molar-refractivity contribution in [2.45, 2.75) is 44.3 Å². The van der Waals surface area contributed by atoms with Gasteiger partial charge in [-0.25, -0.2) is 0 Å². The van der Waals surface area contributed by atoms with Crippen LogP contribution in [0.5, 0.6) is 0 Å². The molecule has 0 unspecified atom stereocenters. The lowest BCUT2D eigenvalue weighted by molar-refractivity contribution is -0.137. The van der Waals surface area contributed by atoms with Crippen LogP contribution in [-0.4, -0.2) is 46.7 Å². The number of rotatable bonds is 4. The molecule has 2 aromatic heterocycles. The summed E-state index contributed by atoms with van der Waals surface area (Å²) in [5, 5.41) is 0. The normalized spacial score (nSPS) is 21.7. The Morgan fingerprint density at radius 1 is 1.03 bits per heavy atom. The van der Waals surface area contributed by atoms with Crippen molar-refractivity contribution in [3.63, 3.8) is 0 Å². The number of alkyl halides is 3. The molecule has 180 valence electrons. The smallest absolute Gasteiger partial charge is 0.378 e. The van der Waals surface area contributed by atoms with Gasteiger partial charge in [-0.05, 0) is 67.3 Å². The number of aromatic nitrogens is 2. The first-order valence-electron chi connectivity index (χ1n) is 11.9. The van der Waals surface area contributed by atoms with Crippen LogP contribution in [0.3, 0.4) is 0 Å². The maximum Gasteiger partial charge on any atom is 0.416 e. The summed E-state index contributed by atoms with van der Waals surface area (Å²) < 4.78 is 46.1. The highest BCUT2D eigenvalue weighted by atomic mass is 19.4. The lowest BCUT2D eigenvalue weighted by Crippen LogP contribution is -2.40.